The molecule has 1 N–H and O–H groups in total. The molecule has 0 aliphatic rings. The summed E-state index contributed by atoms with van der Waals surface area (Å²) in [5.74, 6) is -1.40. The highest BCUT2D eigenvalue weighted by Gasteiger charge is 2.31. The highest BCUT2D eigenvalue weighted by atomic mass is 16.6. The molecule has 0 heterocycles. The molecule has 0 fully saturated rings. The summed E-state index contributed by atoms with van der Waals surface area (Å²) in [6.45, 7) is 3.86. The molecule has 0 bridgehead atoms. The average molecular weight is 377 g/mol. The van der Waals surface area contributed by atoms with E-state index in [0.717, 1.165) is 16.3 Å². The lowest BCUT2D eigenvalue weighted by molar-refractivity contribution is -0.384. The minimum atomic E-state index is -1.14. The Kier molecular flexibility index (Phi) is 5.52. The van der Waals surface area contributed by atoms with Gasteiger partial charge in [-0.2, -0.15) is 0 Å². The number of fused-ring (bicyclic) bond motifs is 1. The predicted molar refractivity (Wildman–Crippen MR) is 106 cm³/mol. The van der Waals surface area contributed by atoms with Crippen molar-refractivity contribution in [3.63, 3.8) is 0 Å². The lowest BCUT2D eigenvalue weighted by atomic mass is 9.81. The summed E-state index contributed by atoms with van der Waals surface area (Å²) in [6.07, 6.45) is -1.14. The summed E-state index contributed by atoms with van der Waals surface area (Å²) >= 11 is 0. The van der Waals surface area contributed by atoms with Crippen molar-refractivity contribution in [2.24, 2.45) is 0 Å². The fourth-order valence-corrected chi connectivity index (χ4v) is 3.31. The summed E-state index contributed by atoms with van der Waals surface area (Å²) in [5.41, 5.74) is 1.18. The smallest absolute Gasteiger partial charge is 0.333 e. The Hall–Kier alpha value is -3.51. The number of esters is 1. The number of methoxy groups -OCH3 is 1. The fraction of sp³-hybridized carbons (Fsp3) is 0.136. The first-order valence-corrected chi connectivity index (χ1v) is 8.61. The molecule has 28 heavy (non-hydrogen) atoms. The largest absolute Gasteiger partial charge is 0.466 e. The molecular formula is C22H19NO5. The van der Waals surface area contributed by atoms with E-state index in [2.05, 4.69) is 6.58 Å². The number of aliphatic hydroxyl groups is 1. The van der Waals surface area contributed by atoms with E-state index in [1.165, 1.54) is 31.4 Å². The van der Waals surface area contributed by atoms with Crippen LogP contribution in [-0.2, 0) is 9.53 Å². The molecule has 2 atom stereocenters. The van der Waals surface area contributed by atoms with Gasteiger partial charge in [0.25, 0.3) is 5.69 Å². The minimum absolute atomic E-state index is 0.0792. The van der Waals surface area contributed by atoms with Crippen LogP contribution in [0.25, 0.3) is 10.8 Å². The molecule has 142 valence electrons. The van der Waals surface area contributed by atoms with Gasteiger partial charge in [0.1, 0.15) is 0 Å². The Morgan fingerprint density at radius 2 is 1.71 bits per heavy atom. The van der Waals surface area contributed by atoms with E-state index in [-0.39, 0.29) is 11.3 Å². The zero-order valence-electron chi connectivity index (χ0n) is 15.2. The monoisotopic (exact) mass is 377 g/mol. The molecule has 0 unspecified atom stereocenters. The number of rotatable bonds is 6. The second-order valence-corrected chi connectivity index (χ2v) is 6.36. The minimum Gasteiger partial charge on any atom is -0.466 e. The SMILES string of the molecule is C=C(C(=O)OC)[C@@H](c1cccc2ccccc12)[C@H](O)c1ccc([N+](=O)[O-])cc1. The van der Waals surface area contributed by atoms with Gasteiger partial charge in [-0.05, 0) is 34.0 Å². The quantitative estimate of drug-likeness (QED) is 0.299. The highest BCUT2D eigenvalue weighted by Crippen LogP contribution is 2.40. The maximum atomic E-state index is 12.2. The number of carbonyl (C=O) groups excluding carboxylic acids is 1. The lowest BCUT2D eigenvalue weighted by Crippen LogP contribution is -2.19. The van der Waals surface area contributed by atoms with Gasteiger partial charge < -0.3 is 9.84 Å². The molecule has 3 aromatic rings. The van der Waals surface area contributed by atoms with Gasteiger partial charge in [-0.1, -0.05) is 49.0 Å². The topological polar surface area (TPSA) is 89.7 Å². The maximum absolute atomic E-state index is 12.2. The Morgan fingerprint density at radius 1 is 1.07 bits per heavy atom. The Bertz CT molecular complexity index is 1040. The van der Waals surface area contributed by atoms with Crippen molar-refractivity contribution in [1.82, 2.24) is 0 Å². The van der Waals surface area contributed by atoms with Crippen LogP contribution in [0.2, 0.25) is 0 Å². The maximum Gasteiger partial charge on any atom is 0.333 e. The van der Waals surface area contributed by atoms with Gasteiger partial charge in [0.2, 0.25) is 0 Å². The fourth-order valence-electron chi connectivity index (χ4n) is 3.31. The number of non-ortho nitro benzene ring substituents is 1. The van der Waals surface area contributed by atoms with Crippen LogP contribution < -0.4 is 0 Å². The third kappa shape index (κ3) is 3.63. The van der Waals surface area contributed by atoms with Crippen molar-refractivity contribution in [1.29, 1.82) is 0 Å². The van der Waals surface area contributed by atoms with Crippen LogP contribution in [0.1, 0.15) is 23.1 Å². The molecule has 0 aliphatic carbocycles. The Morgan fingerprint density at radius 3 is 2.36 bits per heavy atom. The average Bonchev–Trinajstić information content (AvgIpc) is 2.73. The molecule has 0 aromatic heterocycles. The molecule has 3 rings (SSSR count). The molecular weight excluding hydrogens is 358 g/mol. The molecule has 6 nitrogen and oxygen atoms in total. The number of hydrogen-bond acceptors (Lipinski definition) is 5. The Labute approximate surface area is 161 Å². The van der Waals surface area contributed by atoms with Crippen molar-refractivity contribution < 1.29 is 19.6 Å². The molecule has 0 amide bonds. The molecule has 0 saturated carbocycles. The van der Waals surface area contributed by atoms with Crippen molar-refractivity contribution in [3.8, 4) is 0 Å². The van der Waals surface area contributed by atoms with Crippen molar-refractivity contribution in [3.05, 3.63) is 100 Å². The third-order valence-corrected chi connectivity index (χ3v) is 4.74. The van der Waals surface area contributed by atoms with Crippen molar-refractivity contribution in [2.45, 2.75) is 12.0 Å². The molecule has 6 heteroatoms. The van der Waals surface area contributed by atoms with Gasteiger partial charge in [-0.3, -0.25) is 10.1 Å². The van der Waals surface area contributed by atoms with E-state index >= 15 is 0 Å². The molecule has 0 aliphatic heterocycles. The van der Waals surface area contributed by atoms with E-state index in [9.17, 15) is 20.0 Å². The standard InChI is InChI=1S/C22H19NO5/c1-14(22(25)28-2)20(19-9-5-7-15-6-3-4-8-18(15)19)21(24)16-10-12-17(13-11-16)23(26)27/h3-13,20-21,24H,1H2,2H3/t20-,21+/m0/s1. The summed E-state index contributed by atoms with van der Waals surface area (Å²) in [5, 5.41) is 23.8. The molecule has 0 radical (unpaired) electrons. The number of nitro benzene ring substituents is 1. The van der Waals surface area contributed by atoms with Crippen LogP contribution in [0.3, 0.4) is 0 Å². The second-order valence-electron chi connectivity index (χ2n) is 6.36. The van der Waals surface area contributed by atoms with Gasteiger partial charge >= 0.3 is 5.97 Å². The van der Waals surface area contributed by atoms with Gasteiger partial charge in [0, 0.05) is 23.6 Å². The normalized spacial score (nSPS) is 12.9. The van der Waals surface area contributed by atoms with Crippen molar-refractivity contribution in [2.75, 3.05) is 7.11 Å². The van der Waals surface area contributed by atoms with Crippen LogP contribution in [-0.4, -0.2) is 23.1 Å². The zero-order valence-corrected chi connectivity index (χ0v) is 15.2. The second kappa shape index (κ2) is 8.02. The first-order chi connectivity index (χ1) is 13.4. The zero-order chi connectivity index (χ0) is 20.3. The van der Waals surface area contributed by atoms with Crippen LogP contribution in [0.4, 0.5) is 5.69 Å². The number of aliphatic hydroxyl groups excluding tert-OH is 1. The number of nitro groups is 1. The van der Waals surface area contributed by atoms with Crippen LogP contribution in [0, 0.1) is 10.1 Å². The number of hydrogen-bond donors (Lipinski definition) is 1. The van der Waals surface area contributed by atoms with Gasteiger partial charge in [-0.15, -0.1) is 0 Å². The first-order valence-electron chi connectivity index (χ1n) is 8.61. The van der Waals surface area contributed by atoms with Crippen LogP contribution >= 0.6 is 0 Å². The van der Waals surface area contributed by atoms with Crippen LogP contribution in [0.5, 0.6) is 0 Å². The molecule has 3 aromatic carbocycles. The van der Waals surface area contributed by atoms with Gasteiger partial charge in [0.05, 0.1) is 18.1 Å². The number of ether oxygens (including phenoxy) is 1. The van der Waals surface area contributed by atoms with E-state index in [1.54, 1.807) is 0 Å². The number of nitrogens with zero attached hydrogens (tertiary/aromatic N) is 1. The summed E-state index contributed by atoms with van der Waals surface area (Å²) in [4.78, 5) is 22.6. The summed E-state index contributed by atoms with van der Waals surface area (Å²) in [6, 6.07) is 18.8. The van der Waals surface area contributed by atoms with E-state index < -0.39 is 22.9 Å². The summed E-state index contributed by atoms with van der Waals surface area (Å²) < 4.78 is 4.82. The van der Waals surface area contributed by atoms with E-state index in [1.807, 2.05) is 42.5 Å². The highest BCUT2D eigenvalue weighted by molar-refractivity contribution is 5.93. The van der Waals surface area contributed by atoms with Crippen LogP contribution in [0.15, 0.2) is 78.9 Å². The van der Waals surface area contributed by atoms with Crippen molar-refractivity contribution >= 4 is 22.4 Å². The lowest BCUT2D eigenvalue weighted by Gasteiger charge is -2.26. The number of carbonyl (C=O) groups is 1. The summed E-state index contributed by atoms with van der Waals surface area (Å²) in [7, 11) is 1.26. The first kappa shape index (κ1) is 19.3. The van der Waals surface area contributed by atoms with E-state index in [4.69, 9.17) is 4.74 Å². The van der Waals surface area contributed by atoms with Gasteiger partial charge in [-0.25, -0.2) is 4.79 Å². The Balaban J connectivity index is 2.12. The predicted octanol–water partition coefficient (Wildman–Crippen LogP) is 4.29. The third-order valence-electron chi connectivity index (χ3n) is 4.74. The molecule has 0 saturated heterocycles. The number of benzene rings is 3. The van der Waals surface area contributed by atoms with E-state index in [0.29, 0.717) is 5.56 Å². The molecule has 0 spiro atoms. The van der Waals surface area contributed by atoms with Gasteiger partial charge in [0.15, 0.2) is 0 Å².